The van der Waals surface area contributed by atoms with Gasteiger partial charge in [0.25, 0.3) is 5.91 Å². The Morgan fingerprint density at radius 1 is 0.926 bits per heavy atom. The third-order valence-electron chi connectivity index (χ3n) is 4.04. The second-order valence-corrected chi connectivity index (χ2v) is 6.16. The minimum Gasteiger partial charge on any atom is -0.493 e. The molecule has 5 heteroatoms. The van der Waals surface area contributed by atoms with E-state index >= 15 is 0 Å². The average molecular weight is 369 g/mol. The van der Waals surface area contributed by atoms with Gasteiger partial charge in [-0.05, 0) is 49.7 Å². The van der Waals surface area contributed by atoms with Gasteiger partial charge in [0.1, 0.15) is 5.75 Å². The smallest absolute Gasteiger partial charge is 0.338 e. The molecule has 0 aliphatic heterocycles. The number of esters is 1. The molecule has 0 radical (unpaired) electrons. The number of anilines is 1. The zero-order valence-electron chi connectivity index (χ0n) is 16.0. The van der Waals surface area contributed by atoms with Crippen molar-refractivity contribution in [2.24, 2.45) is 0 Å². The molecule has 0 aromatic heterocycles. The minimum atomic E-state index is -0.342. The average Bonchev–Trinajstić information content (AvgIpc) is 2.69. The Bertz CT molecular complexity index is 740. The number of unbranched alkanes of at least 4 members (excludes halogenated alkanes) is 3. The van der Waals surface area contributed by atoms with Gasteiger partial charge >= 0.3 is 5.97 Å². The zero-order valence-corrected chi connectivity index (χ0v) is 16.0. The van der Waals surface area contributed by atoms with Gasteiger partial charge < -0.3 is 14.8 Å². The summed E-state index contributed by atoms with van der Waals surface area (Å²) >= 11 is 0. The van der Waals surface area contributed by atoms with Crippen molar-refractivity contribution in [3.63, 3.8) is 0 Å². The molecule has 0 aliphatic carbocycles. The molecule has 0 saturated carbocycles. The van der Waals surface area contributed by atoms with E-state index in [-0.39, 0.29) is 11.9 Å². The highest BCUT2D eigenvalue weighted by molar-refractivity contribution is 6.06. The molecule has 0 saturated heterocycles. The van der Waals surface area contributed by atoms with Crippen LogP contribution in [-0.4, -0.2) is 25.1 Å². The Balaban J connectivity index is 1.91. The molecule has 0 aliphatic rings. The summed E-state index contributed by atoms with van der Waals surface area (Å²) in [5, 5.41) is 2.82. The first-order valence-corrected chi connectivity index (χ1v) is 9.46. The van der Waals surface area contributed by atoms with Gasteiger partial charge in [-0.3, -0.25) is 4.79 Å². The molecular formula is C22H27NO4. The highest BCUT2D eigenvalue weighted by Gasteiger charge is 2.13. The van der Waals surface area contributed by atoms with Gasteiger partial charge in [0.15, 0.2) is 0 Å². The molecule has 0 fully saturated rings. The van der Waals surface area contributed by atoms with Crippen molar-refractivity contribution in [1.82, 2.24) is 0 Å². The fourth-order valence-corrected chi connectivity index (χ4v) is 2.60. The van der Waals surface area contributed by atoms with Crippen molar-refractivity contribution >= 4 is 17.6 Å². The van der Waals surface area contributed by atoms with E-state index in [4.69, 9.17) is 9.47 Å². The van der Waals surface area contributed by atoms with Crippen molar-refractivity contribution in [2.75, 3.05) is 18.5 Å². The Kier molecular flexibility index (Phi) is 8.36. The standard InChI is InChI=1S/C22H27NO4/c1-3-5-6-9-16-27-22(25)17-12-14-18(15-13-17)23-21(24)19-10-7-8-11-20(19)26-4-2/h7-8,10-15H,3-6,9,16H2,1-2H3,(H,23,24). The summed E-state index contributed by atoms with van der Waals surface area (Å²) < 4.78 is 10.8. The molecule has 2 aromatic carbocycles. The fourth-order valence-electron chi connectivity index (χ4n) is 2.60. The lowest BCUT2D eigenvalue weighted by Crippen LogP contribution is -2.14. The SMILES string of the molecule is CCCCCCOC(=O)c1ccc(NC(=O)c2ccccc2OCC)cc1. The lowest BCUT2D eigenvalue weighted by Gasteiger charge is -2.11. The van der Waals surface area contributed by atoms with E-state index in [1.54, 1.807) is 42.5 Å². The summed E-state index contributed by atoms with van der Waals surface area (Å²) in [4.78, 5) is 24.5. The summed E-state index contributed by atoms with van der Waals surface area (Å²) in [7, 11) is 0. The predicted octanol–water partition coefficient (Wildman–Crippen LogP) is 5.07. The van der Waals surface area contributed by atoms with Crippen LogP contribution >= 0.6 is 0 Å². The van der Waals surface area contributed by atoms with Gasteiger partial charge in [-0.15, -0.1) is 0 Å². The fraction of sp³-hybridized carbons (Fsp3) is 0.364. The Labute approximate surface area is 160 Å². The predicted molar refractivity (Wildman–Crippen MR) is 106 cm³/mol. The number of carbonyl (C=O) groups excluding carboxylic acids is 2. The lowest BCUT2D eigenvalue weighted by atomic mass is 10.1. The van der Waals surface area contributed by atoms with Crippen molar-refractivity contribution in [3.05, 3.63) is 59.7 Å². The third-order valence-corrected chi connectivity index (χ3v) is 4.04. The number of hydrogen-bond acceptors (Lipinski definition) is 4. The maximum Gasteiger partial charge on any atom is 0.338 e. The summed E-state index contributed by atoms with van der Waals surface area (Å²) in [5.41, 5.74) is 1.54. The van der Waals surface area contributed by atoms with Gasteiger partial charge in [0.2, 0.25) is 0 Å². The van der Waals surface area contributed by atoms with Crippen LogP contribution in [0.3, 0.4) is 0 Å². The van der Waals surface area contributed by atoms with Gasteiger partial charge in [-0.25, -0.2) is 4.79 Å². The number of nitrogens with one attached hydrogen (secondary N) is 1. The van der Waals surface area contributed by atoms with Crippen LogP contribution in [0.25, 0.3) is 0 Å². The van der Waals surface area contributed by atoms with E-state index in [1.165, 1.54) is 0 Å². The monoisotopic (exact) mass is 369 g/mol. The number of ether oxygens (including phenoxy) is 2. The van der Waals surface area contributed by atoms with Gasteiger partial charge in [0, 0.05) is 5.69 Å². The van der Waals surface area contributed by atoms with E-state index in [0.717, 1.165) is 25.7 Å². The number of hydrogen-bond donors (Lipinski definition) is 1. The summed E-state index contributed by atoms with van der Waals surface area (Å²) in [6.07, 6.45) is 4.25. The first-order chi connectivity index (χ1) is 13.2. The number of carbonyl (C=O) groups is 2. The van der Waals surface area contributed by atoms with Crippen LogP contribution in [0.4, 0.5) is 5.69 Å². The molecule has 1 N–H and O–H groups in total. The van der Waals surface area contributed by atoms with Gasteiger partial charge in [-0.2, -0.15) is 0 Å². The van der Waals surface area contributed by atoms with Crippen molar-refractivity contribution in [2.45, 2.75) is 39.5 Å². The van der Waals surface area contributed by atoms with Crippen molar-refractivity contribution in [3.8, 4) is 5.75 Å². The maximum atomic E-state index is 12.5. The van der Waals surface area contributed by atoms with E-state index in [1.807, 2.05) is 13.0 Å². The minimum absolute atomic E-state index is 0.259. The largest absolute Gasteiger partial charge is 0.493 e. The van der Waals surface area contributed by atoms with Crippen LogP contribution in [0.15, 0.2) is 48.5 Å². The molecule has 5 nitrogen and oxygen atoms in total. The molecule has 1 amide bonds. The van der Waals surface area contributed by atoms with Crippen LogP contribution in [0.1, 0.15) is 60.2 Å². The first kappa shape index (κ1) is 20.5. The zero-order chi connectivity index (χ0) is 19.5. The number of amides is 1. The molecule has 144 valence electrons. The van der Waals surface area contributed by atoms with Crippen LogP contribution < -0.4 is 10.1 Å². The third kappa shape index (κ3) is 6.44. The summed E-state index contributed by atoms with van der Waals surface area (Å²) in [5.74, 6) is -0.0582. The molecular weight excluding hydrogens is 342 g/mol. The Morgan fingerprint density at radius 3 is 2.37 bits per heavy atom. The lowest BCUT2D eigenvalue weighted by molar-refractivity contribution is 0.0497. The number of para-hydroxylation sites is 1. The van der Waals surface area contributed by atoms with E-state index in [2.05, 4.69) is 12.2 Å². The molecule has 0 spiro atoms. The molecule has 0 atom stereocenters. The van der Waals surface area contributed by atoms with E-state index in [9.17, 15) is 9.59 Å². The van der Waals surface area contributed by atoms with Crippen LogP contribution in [0, 0.1) is 0 Å². The Morgan fingerprint density at radius 2 is 1.67 bits per heavy atom. The van der Waals surface area contributed by atoms with Gasteiger partial charge in [0.05, 0.1) is 24.3 Å². The number of rotatable bonds is 10. The second-order valence-electron chi connectivity index (χ2n) is 6.16. The van der Waals surface area contributed by atoms with Crippen LogP contribution in [0.5, 0.6) is 5.75 Å². The summed E-state index contributed by atoms with van der Waals surface area (Å²) in [6.45, 7) is 4.93. The number of benzene rings is 2. The molecule has 27 heavy (non-hydrogen) atoms. The Hall–Kier alpha value is -2.82. The molecule has 2 aromatic rings. The van der Waals surface area contributed by atoms with Gasteiger partial charge in [-0.1, -0.05) is 38.3 Å². The quantitative estimate of drug-likeness (QED) is 0.469. The summed E-state index contributed by atoms with van der Waals surface area (Å²) in [6, 6.07) is 13.8. The normalized spacial score (nSPS) is 10.3. The van der Waals surface area contributed by atoms with Crippen molar-refractivity contribution in [1.29, 1.82) is 0 Å². The first-order valence-electron chi connectivity index (χ1n) is 9.46. The van der Waals surface area contributed by atoms with Crippen LogP contribution in [0.2, 0.25) is 0 Å². The van der Waals surface area contributed by atoms with Crippen LogP contribution in [-0.2, 0) is 4.74 Å². The highest BCUT2D eigenvalue weighted by Crippen LogP contribution is 2.20. The van der Waals surface area contributed by atoms with E-state index < -0.39 is 0 Å². The molecule has 0 heterocycles. The second kappa shape index (κ2) is 11.0. The maximum absolute atomic E-state index is 12.5. The van der Waals surface area contributed by atoms with E-state index in [0.29, 0.717) is 35.8 Å². The van der Waals surface area contributed by atoms with Crippen molar-refractivity contribution < 1.29 is 19.1 Å². The highest BCUT2D eigenvalue weighted by atomic mass is 16.5. The molecule has 0 unspecified atom stereocenters. The topological polar surface area (TPSA) is 64.6 Å². The molecule has 2 rings (SSSR count). The molecule has 0 bridgehead atoms.